The third-order valence-electron chi connectivity index (χ3n) is 3.85. The summed E-state index contributed by atoms with van der Waals surface area (Å²) in [6.07, 6.45) is 0.891. The number of aromatic nitrogens is 3. The number of para-hydroxylation sites is 1. The molecule has 0 aliphatic carbocycles. The number of amides is 1. The normalized spacial score (nSPS) is 11.5. The number of carbonyl (C=O) groups excluding carboxylic acids is 1. The summed E-state index contributed by atoms with van der Waals surface area (Å²) in [5.41, 5.74) is 2.01. The zero-order valence-corrected chi connectivity index (χ0v) is 15.2. The second-order valence-corrected chi connectivity index (χ2v) is 7.17. The van der Waals surface area contributed by atoms with Crippen molar-refractivity contribution in [3.8, 4) is 5.69 Å². The number of rotatable bonds is 6. The second-order valence-electron chi connectivity index (χ2n) is 6.23. The summed E-state index contributed by atoms with van der Waals surface area (Å²) < 4.78 is 2.00. The lowest BCUT2D eigenvalue weighted by Gasteiger charge is -2.24. The highest BCUT2D eigenvalue weighted by Gasteiger charge is 2.19. The lowest BCUT2D eigenvalue weighted by atomic mass is 10.0. The number of hydrogen-bond donors (Lipinski definition) is 1. The van der Waals surface area contributed by atoms with E-state index in [9.17, 15) is 4.79 Å². The fraction of sp³-hybridized carbons (Fsp3) is 0.471. The lowest BCUT2D eigenvalue weighted by Crippen LogP contribution is -2.43. The van der Waals surface area contributed by atoms with Crippen LogP contribution in [0.4, 0.5) is 0 Å². The van der Waals surface area contributed by atoms with Crippen LogP contribution in [-0.2, 0) is 4.79 Å². The molecule has 6 heteroatoms. The maximum Gasteiger partial charge on any atom is 0.230 e. The smallest absolute Gasteiger partial charge is 0.230 e. The van der Waals surface area contributed by atoms with Crippen molar-refractivity contribution in [3.05, 3.63) is 35.7 Å². The van der Waals surface area contributed by atoms with Gasteiger partial charge in [-0.25, -0.2) is 0 Å². The largest absolute Gasteiger partial charge is 0.351 e. The molecule has 1 amide bonds. The molecule has 0 unspecified atom stereocenters. The van der Waals surface area contributed by atoms with E-state index in [2.05, 4.69) is 35.4 Å². The molecule has 0 saturated carbocycles. The molecule has 1 aromatic carbocycles. The van der Waals surface area contributed by atoms with Crippen LogP contribution in [0.3, 0.4) is 0 Å². The predicted molar refractivity (Wildman–Crippen MR) is 94.1 cm³/mol. The van der Waals surface area contributed by atoms with Crippen LogP contribution in [0.15, 0.2) is 29.4 Å². The fourth-order valence-electron chi connectivity index (χ4n) is 2.16. The van der Waals surface area contributed by atoms with Crippen molar-refractivity contribution in [2.24, 2.45) is 0 Å². The first kappa shape index (κ1) is 17.5. The Labute approximate surface area is 141 Å². The SMILES string of the molecule is CCC(C)(C)NC(=O)CSc1nnc(C)n1-c1ccccc1C. The molecule has 1 N–H and O–H groups in total. The molecule has 1 aromatic heterocycles. The fourth-order valence-corrected chi connectivity index (χ4v) is 2.95. The Balaban J connectivity index is 2.14. The molecule has 1 heterocycles. The van der Waals surface area contributed by atoms with Gasteiger partial charge in [-0.05, 0) is 45.7 Å². The van der Waals surface area contributed by atoms with E-state index in [-0.39, 0.29) is 11.4 Å². The summed E-state index contributed by atoms with van der Waals surface area (Å²) >= 11 is 1.41. The van der Waals surface area contributed by atoms with Crippen LogP contribution < -0.4 is 5.32 Å². The Morgan fingerprint density at radius 2 is 1.96 bits per heavy atom. The Hall–Kier alpha value is -1.82. The Morgan fingerprint density at radius 3 is 2.61 bits per heavy atom. The predicted octanol–water partition coefficient (Wildman–Crippen LogP) is 3.28. The van der Waals surface area contributed by atoms with Crippen molar-refractivity contribution >= 4 is 17.7 Å². The van der Waals surface area contributed by atoms with Gasteiger partial charge < -0.3 is 5.32 Å². The van der Waals surface area contributed by atoms with Crippen LogP contribution in [0.5, 0.6) is 0 Å². The average Bonchev–Trinajstić information content (AvgIpc) is 2.86. The van der Waals surface area contributed by atoms with Gasteiger partial charge in [0.05, 0.1) is 11.4 Å². The van der Waals surface area contributed by atoms with Gasteiger partial charge in [0.2, 0.25) is 5.91 Å². The van der Waals surface area contributed by atoms with E-state index < -0.39 is 0 Å². The highest BCUT2D eigenvalue weighted by atomic mass is 32.2. The molecule has 0 saturated heterocycles. The quantitative estimate of drug-likeness (QED) is 0.825. The zero-order chi connectivity index (χ0) is 17.0. The van der Waals surface area contributed by atoms with Crippen molar-refractivity contribution in [2.45, 2.75) is 51.7 Å². The number of nitrogens with one attached hydrogen (secondary N) is 1. The molecule has 23 heavy (non-hydrogen) atoms. The standard InChI is InChI=1S/C17H24N4OS/c1-6-17(4,5)18-15(22)11-23-16-20-19-13(3)21(16)14-10-8-7-9-12(14)2/h7-10H,6,11H2,1-5H3,(H,18,22). The monoisotopic (exact) mass is 332 g/mol. The van der Waals surface area contributed by atoms with Gasteiger partial charge in [0, 0.05) is 5.54 Å². The molecule has 124 valence electrons. The summed E-state index contributed by atoms with van der Waals surface area (Å²) in [4.78, 5) is 12.1. The van der Waals surface area contributed by atoms with Crippen LogP contribution in [0.2, 0.25) is 0 Å². The van der Waals surface area contributed by atoms with Crippen molar-refractivity contribution in [2.75, 3.05) is 5.75 Å². The molecule has 5 nitrogen and oxygen atoms in total. The van der Waals surface area contributed by atoms with E-state index in [0.717, 1.165) is 28.7 Å². The van der Waals surface area contributed by atoms with E-state index in [1.807, 2.05) is 43.5 Å². The number of benzene rings is 1. The number of hydrogen-bond acceptors (Lipinski definition) is 4. The lowest BCUT2D eigenvalue weighted by molar-refractivity contribution is -0.120. The van der Waals surface area contributed by atoms with Gasteiger partial charge in [-0.3, -0.25) is 9.36 Å². The van der Waals surface area contributed by atoms with Crippen molar-refractivity contribution in [3.63, 3.8) is 0 Å². The molecule has 0 spiro atoms. The molecule has 0 bridgehead atoms. The first-order valence-electron chi connectivity index (χ1n) is 7.76. The summed E-state index contributed by atoms with van der Waals surface area (Å²) in [5, 5.41) is 12.2. The third-order valence-corrected chi connectivity index (χ3v) is 4.77. The van der Waals surface area contributed by atoms with Crippen LogP contribution in [0, 0.1) is 13.8 Å². The maximum absolute atomic E-state index is 12.1. The highest BCUT2D eigenvalue weighted by Crippen LogP contribution is 2.23. The molecule has 2 rings (SSSR count). The summed E-state index contributed by atoms with van der Waals surface area (Å²) in [7, 11) is 0. The Kier molecular flexibility index (Phi) is 5.46. The van der Waals surface area contributed by atoms with E-state index in [4.69, 9.17) is 0 Å². The van der Waals surface area contributed by atoms with Gasteiger partial charge in [-0.2, -0.15) is 0 Å². The van der Waals surface area contributed by atoms with Crippen LogP contribution in [0.25, 0.3) is 5.69 Å². The topological polar surface area (TPSA) is 59.8 Å². The number of carbonyl (C=O) groups is 1. The summed E-state index contributed by atoms with van der Waals surface area (Å²) in [6, 6.07) is 8.09. The number of nitrogens with zero attached hydrogens (tertiary/aromatic N) is 3. The van der Waals surface area contributed by atoms with E-state index >= 15 is 0 Å². The summed E-state index contributed by atoms with van der Waals surface area (Å²) in [5.74, 6) is 1.16. The highest BCUT2D eigenvalue weighted by molar-refractivity contribution is 7.99. The van der Waals surface area contributed by atoms with Gasteiger partial charge in [-0.1, -0.05) is 36.9 Å². The van der Waals surface area contributed by atoms with Crippen LogP contribution >= 0.6 is 11.8 Å². The van der Waals surface area contributed by atoms with E-state index in [0.29, 0.717) is 5.75 Å². The van der Waals surface area contributed by atoms with Gasteiger partial charge in [-0.15, -0.1) is 10.2 Å². The third kappa shape index (κ3) is 4.34. The van der Waals surface area contributed by atoms with Crippen molar-refractivity contribution in [1.29, 1.82) is 0 Å². The maximum atomic E-state index is 12.1. The molecular weight excluding hydrogens is 308 g/mol. The van der Waals surface area contributed by atoms with Gasteiger partial charge in [0.1, 0.15) is 5.82 Å². The van der Waals surface area contributed by atoms with E-state index in [1.54, 1.807) is 0 Å². The molecule has 0 aliphatic heterocycles. The van der Waals surface area contributed by atoms with Crippen molar-refractivity contribution < 1.29 is 4.79 Å². The minimum absolute atomic E-state index is 0.0128. The second kappa shape index (κ2) is 7.17. The minimum atomic E-state index is -0.183. The molecule has 0 fully saturated rings. The number of thioether (sulfide) groups is 1. The zero-order valence-electron chi connectivity index (χ0n) is 14.4. The summed E-state index contributed by atoms with van der Waals surface area (Å²) in [6.45, 7) is 10.1. The first-order chi connectivity index (χ1) is 10.8. The first-order valence-corrected chi connectivity index (χ1v) is 8.74. The molecule has 0 radical (unpaired) electrons. The van der Waals surface area contributed by atoms with Crippen molar-refractivity contribution in [1.82, 2.24) is 20.1 Å². The van der Waals surface area contributed by atoms with Gasteiger partial charge in [0.15, 0.2) is 5.16 Å². The van der Waals surface area contributed by atoms with E-state index in [1.165, 1.54) is 11.8 Å². The molecule has 0 atom stereocenters. The van der Waals surface area contributed by atoms with Gasteiger partial charge >= 0.3 is 0 Å². The average molecular weight is 332 g/mol. The molecule has 2 aromatic rings. The van der Waals surface area contributed by atoms with Crippen LogP contribution in [-0.4, -0.2) is 32.0 Å². The Morgan fingerprint density at radius 1 is 1.26 bits per heavy atom. The minimum Gasteiger partial charge on any atom is -0.351 e. The molecule has 0 aliphatic rings. The number of aryl methyl sites for hydroxylation is 2. The van der Waals surface area contributed by atoms with Gasteiger partial charge in [0.25, 0.3) is 0 Å². The Bertz CT molecular complexity index is 694. The molecular formula is C17H24N4OS. The van der Waals surface area contributed by atoms with Crippen LogP contribution in [0.1, 0.15) is 38.6 Å².